The summed E-state index contributed by atoms with van der Waals surface area (Å²) in [6, 6.07) is 11.3. The van der Waals surface area contributed by atoms with E-state index >= 15 is 0 Å². The number of rotatable bonds is 3. The molecule has 132 valence electrons. The van der Waals surface area contributed by atoms with Crippen molar-refractivity contribution in [1.82, 2.24) is 0 Å². The fourth-order valence-electron chi connectivity index (χ4n) is 2.67. The van der Waals surface area contributed by atoms with Crippen LogP contribution in [0.5, 0.6) is 0 Å². The lowest BCUT2D eigenvalue weighted by molar-refractivity contribution is 0.102. The third kappa shape index (κ3) is 4.08. The van der Waals surface area contributed by atoms with Gasteiger partial charge in [0.1, 0.15) is 0 Å². The van der Waals surface area contributed by atoms with Gasteiger partial charge in [0.2, 0.25) is 10.0 Å². The van der Waals surface area contributed by atoms with Crippen molar-refractivity contribution in [2.45, 2.75) is 12.8 Å². The van der Waals surface area contributed by atoms with Crippen molar-refractivity contribution < 1.29 is 13.2 Å². The average Bonchev–Trinajstić information content (AvgIpc) is 2.58. The Bertz CT molecular complexity index is 916. The van der Waals surface area contributed by atoms with Gasteiger partial charge in [-0.1, -0.05) is 29.3 Å². The highest BCUT2D eigenvalue weighted by Gasteiger charge is 2.26. The molecule has 2 aromatic carbocycles. The quantitative estimate of drug-likeness (QED) is 0.842. The maximum absolute atomic E-state index is 12.5. The average molecular weight is 399 g/mol. The van der Waals surface area contributed by atoms with Gasteiger partial charge in [0.05, 0.1) is 22.2 Å². The molecule has 1 N–H and O–H groups in total. The maximum atomic E-state index is 12.5. The lowest BCUT2D eigenvalue weighted by Gasteiger charge is -2.28. The van der Waals surface area contributed by atoms with Gasteiger partial charge in [-0.15, -0.1) is 0 Å². The summed E-state index contributed by atoms with van der Waals surface area (Å²) in [5.41, 5.74) is 1.23. The van der Waals surface area contributed by atoms with Crippen molar-refractivity contribution in [2.75, 3.05) is 21.9 Å². The van der Waals surface area contributed by atoms with Gasteiger partial charge in [0.25, 0.3) is 5.91 Å². The monoisotopic (exact) mass is 398 g/mol. The van der Waals surface area contributed by atoms with E-state index in [-0.39, 0.29) is 11.7 Å². The van der Waals surface area contributed by atoms with Crippen LogP contribution in [0, 0.1) is 0 Å². The predicted molar refractivity (Wildman–Crippen MR) is 101 cm³/mol. The van der Waals surface area contributed by atoms with Crippen molar-refractivity contribution in [3.63, 3.8) is 0 Å². The third-order valence-electron chi connectivity index (χ3n) is 3.92. The number of anilines is 2. The highest BCUT2D eigenvalue weighted by atomic mass is 35.5. The summed E-state index contributed by atoms with van der Waals surface area (Å²) >= 11 is 12.0. The molecule has 0 spiro atoms. The van der Waals surface area contributed by atoms with Crippen molar-refractivity contribution in [1.29, 1.82) is 0 Å². The minimum Gasteiger partial charge on any atom is -0.321 e. The number of amides is 1. The van der Waals surface area contributed by atoms with Crippen LogP contribution in [0.2, 0.25) is 10.0 Å². The van der Waals surface area contributed by atoms with E-state index in [9.17, 15) is 13.2 Å². The van der Waals surface area contributed by atoms with Crippen LogP contribution in [0.15, 0.2) is 42.5 Å². The van der Waals surface area contributed by atoms with Crippen LogP contribution >= 0.6 is 23.2 Å². The number of nitrogens with one attached hydrogen (secondary N) is 1. The van der Waals surface area contributed by atoms with Gasteiger partial charge >= 0.3 is 0 Å². The Morgan fingerprint density at radius 3 is 2.64 bits per heavy atom. The second kappa shape index (κ2) is 7.23. The SMILES string of the molecule is O=C(Nc1cc(Cl)ccc1Cl)c1cccc(N2CCCCS2(=O)=O)c1. The third-order valence-corrected chi connectivity index (χ3v) is 6.36. The molecular formula is C17H16Cl2N2O3S. The summed E-state index contributed by atoms with van der Waals surface area (Å²) in [6.07, 6.45) is 1.46. The molecule has 3 rings (SSSR count). The van der Waals surface area contributed by atoms with Crippen LogP contribution in [0.1, 0.15) is 23.2 Å². The number of carbonyl (C=O) groups is 1. The van der Waals surface area contributed by atoms with Crippen LogP contribution in [0.4, 0.5) is 11.4 Å². The smallest absolute Gasteiger partial charge is 0.255 e. The molecule has 1 aliphatic heterocycles. The zero-order valence-electron chi connectivity index (χ0n) is 13.2. The Balaban J connectivity index is 1.86. The van der Waals surface area contributed by atoms with Gasteiger partial charge < -0.3 is 5.32 Å². The number of carbonyl (C=O) groups excluding carboxylic acids is 1. The first kappa shape index (κ1) is 18.0. The topological polar surface area (TPSA) is 66.5 Å². The molecule has 1 amide bonds. The second-order valence-electron chi connectivity index (χ2n) is 5.72. The van der Waals surface area contributed by atoms with Crippen molar-refractivity contribution in [3.05, 3.63) is 58.1 Å². The largest absolute Gasteiger partial charge is 0.321 e. The minimum absolute atomic E-state index is 0.127. The van der Waals surface area contributed by atoms with Gasteiger partial charge in [-0.2, -0.15) is 0 Å². The van der Waals surface area contributed by atoms with E-state index in [0.717, 1.165) is 6.42 Å². The Hall–Kier alpha value is -1.76. The second-order valence-corrected chi connectivity index (χ2v) is 8.58. The molecule has 1 fully saturated rings. The molecule has 0 bridgehead atoms. The van der Waals surface area contributed by atoms with E-state index in [2.05, 4.69) is 5.32 Å². The molecule has 0 atom stereocenters. The molecular weight excluding hydrogens is 383 g/mol. The first-order valence-electron chi connectivity index (χ1n) is 7.74. The number of sulfonamides is 1. The lowest BCUT2D eigenvalue weighted by Crippen LogP contribution is -2.37. The number of nitrogens with zero attached hydrogens (tertiary/aromatic N) is 1. The normalized spacial score (nSPS) is 16.5. The van der Waals surface area contributed by atoms with Gasteiger partial charge in [-0.05, 0) is 49.2 Å². The van der Waals surface area contributed by atoms with E-state index in [1.54, 1.807) is 42.5 Å². The highest BCUT2D eigenvalue weighted by Crippen LogP contribution is 2.27. The number of benzene rings is 2. The molecule has 1 heterocycles. The first-order valence-corrected chi connectivity index (χ1v) is 10.1. The van der Waals surface area contributed by atoms with Crippen LogP contribution in [0.3, 0.4) is 0 Å². The fraction of sp³-hybridized carbons (Fsp3) is 0.235. The van der Waals surface area contributed by atoms with Crippen molar-refractivity contribution in [3.8, 4) is 0 Å². The molecule has 5 nitrogen and oxygen atoms in total. The van der Waals surface area contributed by atoms with Gasteiger partial charge in [-0.3, -0.25) is 9.10 Å². The molecule has 2 aromatic rings. The van der Waals surface area contributed by atoms with Crippen molar-refractivity contribution in [2.24, 2.45) is 0 Å². The van der Waals surface area contributed by atoms with E-state index in [0.29, 0.717) is 39.9 Å². The van der Waals surface area contributed by atoms with Gasteiger partial charge in [0.15, 0.2) is 0 Å². The summed E-state index contributed by atoms with van der Waals surface area (Å²) in [5, 5.41) is 3.51. The summed E-state index contributed by atoms with van der Waals surface area (Å²) in [5.74, 6) is -0.262. The molecule has 1 aliphatic rings. The van der Waals surface area contributed by atoms with Crippen LogP contribution in [-0.2, 0) is 10.0 Å². The summed E-state index contributed by atoms with van der Waals surface area (Å²) in [6.45, 7) is 0.424. The first-order chi connectivity index (χ1) is 11.9. The van der Waals surface area contributed by atoms with E-state index in [1.807, 2.05) is 0 Å². The Morgan fingerprint density at radius 2 is 1.88 bits per heavy atom. The van der Waals surface area contributed by atoms with Crippen LogP contribution in [-0.4, -0.2) is 26.6 Å². The Morgan fingerprint density at radius 1 is 1.08 bits per heavy atom. The molecule has 1 saturated heterocycles. The van der Waals surface area contributed by atoms with E-state index in [4.69, 9.17) is 23.2 Å². The van der Waals surface area contributed by atoms with Gasteiger partial charge in [0, 0.05) is 17.1 Å². The number of hydrogen-bond acceptors (Lipinski definition) is 3. The number of hydrogen-bond donors (Lipinski definition) is 1. The molecule has 0 radical (unpaired) electrons. The zero-order valence-corrected chi connectivity index (χ0v) is 15.5. The fourth-order valence-corrected chi connectivity index (χ4v) is 4.64. The van der Waals surface area contributed by atoms with E-state index < -0.39 is 10.0 Å². The molecule has 25 heavy (non-hydrogen) atoms. The summed E-state index contributed by atoms with van der Waals surface area (Å²) < 4.78 is 25.8. The van der Waals surface area contributed by atoms with Crippen LogP contribution in [0.25, 0.3) is 0 Å². The standard InChI is InChI=1S/C17H16Cl2N2O3S/c18-13-6-7-15(19)16(11-13)20-17(22)12-4-3-5-14(10-12)21-8-1-2-9-25(21,23)24/h3-7,10-11H,1-2,8-9H2,(H,20,22). The number of halogens is 2. The minimum atomic E-state index is -3.33. The zero-order chi connectivity index (χ0) is 18.0. The Labute approximate surface area is 156 Å². The Kier molecular flexibility index (Phi) is 5.22. The maximum Gasteiger partial charge on any atom is 0.255 e. The van der Waals surface area contributed by atoms with Gasteiger partial charge in [-0.25, -0.2) is 8.42 Å². The molecule has 0 aromatic heterocycles. The summed E-state index contributed by atoms with van der Waals surface area (Å²) in [7, 11) is -3.33. The molecule has 0 unspecified atom stereocenters. The predicted octanol–water partition coefficient (Wildman–Crippen LogP) is 4.18. The molecule has 0 saturated carbocycles. The lowest BCUT2D eigenvalue weighted by atomic mass is 10.1. The van der Waals surface area contributed by atoms with E-state index in [1.165, 1.54) is 4.31 Å². The molecule has 8 heteroatoms. The van der Waals surface area contributed by atoms with Crippen LogP contribution < -0.4 is 9.62 Å². The highest BCUT2D eigenvalue weighted by molar-refractivity contribution is 7.92. The van der Waals surface area contributed by atoms with Crippen molar-refractivity contribution >= 4 is 50.5 Å². The molecule has 0 aliphatic carbocycles. The summed E-state index contributed by atoms with van der Waals surface area (Å²) in [4.78, 5) is 12.5.